The first-order valence-corrected chi connectivity index (χ1v) is 9.08. The van der Waals surface area contributed by atoms with Crippen molar-refractivity contribution in [3.05, 3.63) is 65.1 Å². The standard InChI is InChI=1S/C22H21FN2O3/c1-13-4-6-16-18(11-15(28-3)12-20(16)24-13)22(8-9-22)25-21(26)17-10-14(27-2)5-7-19(17)23/h4-7,10-12H,8-9H2,1-3H3,(H,25,26). The highest BCUT2D eigenvalue weighted by Crippen LogP contribution is 2.49. The number of aryl methyl sites for hydroxylation is 1. The van der Waals surface area contributed by atoms with Crippen LogP contribution in [0.1, 0.15) is 34.5 Å². The highest BCUT2D eigenvalue weighted by molar-refractivity contribution is 5.96. The summed E-state index contributed by atoms with van der Waals surface area (Å²) >= 11 is 0. The van der Waals surface area contributed by atoms with Crippen molar-refractivity contribution in [2.75, 3.05) is 14.2 Å². The Balaban J connectivity index is 1.75. The van der Waals surface area contributed by atoms with E-state index in [9.17, 15) is 9.18 Å². The molecule has 1 aromatic heterocycles. The number of nitrogens with zero attached hydrogens (tertiary/aromatic N) is 1. The van der Waals surface area contributed by atoms with Crippen LogP contribution in [0.4, 0.5) is 4.39 Å². The maximum Gasteiger partial charge on any atom is 0.255 e. The number of rotatable bonds is 5. The minimum atomic E-state index is -0.582. The molecule has 1 saturated carbocycles. The van der Waals surface area contributed by atoms with Gasteiger partial charge in [-0.3, -0.25) is 9.78 Å². The number of benzene rings is 2. The lowest BCUT2D eigenvalue weighted by Crippen LogP contribution is -2.35. The molecule has 1 heterocycles. The van der Waals surface area contributed by atoms with Crippen molar-refractivity contribution >= 4 is 16.8 Å². The molecule has 0 bridgehead atoms. The van der Waals surface area contributed by atoms with Crippen molar-refractivity contribution in [3.8, 4) is 11.5 Å². The van der Waals surface area contributed by atoms with Crippen LogP contribution in [-0.4, -0.2) is 25.1 Å². The van der Waals surface area contributed by atoms with E-state index in [0.717, 1.165) is 35.0 Å². The molecule has 4 rings (SSSR count). The zero-order valence-corrected chi connectivity index (χ0v) is 16.0. The molecule has 144 valence electrons. The number of amides is 1. The number of carbonyl (C=O) groups is 1. The van der Waals surface area contributed by atoms with Crippen molar-refractivity contribution in [2.24, 2.45) is 0 Å². The first-order valence-electron chi connectivity index (χ1n) is 9.08. The molecule has 1 amide bonds. The summed E-state index contributed by atoms with van der Waals surface area (Å²) in [6.45, 7) is 1.93. The molecule has 1 aliphatic carbocycles. The summed E-state index contributed by atoms with van der Waals surface area (Å²) in [4.78, 5) is 17.4. The highest BCUT2D eigenvalue weighted by atomic mass is 19.1. The normalized spacial score (nSPS) is 14.6. The molecule has 0 aliphatic heterocycles. The predicted molar refractivity (Wildman–Crippen MR) is 104 cm³/mol. The van der Waals surface area contributed by atoms with E-state index >= 15 is 0 Å². The minimum absolute atomic E-state index is 0.0354. The van der Waals surface area contributed by atoms with E-state index in [1.807, 2.05) is 31.2 Å². The first kappa shape index (κ1) is 18.2. The van der Waals surface area contributed by atoms with Gasteiger partial charge in [-0.25, -0.2) is 4.39 Å². The summed E-state index contributed by atoms with van der Waals surface area (Å²) in [5.74, 6) is 0.0587. The molecule has 28 heavy (non-hydrogen) atoms. The Morgan fingerprint density at radius 1 is 1.07 bits per heavy atom. The van der Waals surface area contributed by atoms with Gasteiger partial charge in [0.15, 0.2) is 0 Å². The molecule has 0 saturated heterocycles. The number of halogens is 1. The number of hydrogen-bond acceptors (Lipinski definition) is 4. The maximum absolute atomic E-state index is 14.2. The Morgan fingerprint density at radius 2 is 1.82 bits per heavy atom. The average Bonchev–Trinajstić information content (AvgIpc) is 3.47. The summed E-state index contributed by atoms with van der Waals surface area (Å²) in [6.07, 6.45) is 1.53. The second kappa shape index (κ2) is 6.78. The molecule has 1 N–H and O–H groups in total. The number of carbonyl (C=O) groups excluding carboxylic acids is 1. The number of nitrogens with one attached hydrogen (secondary N) is 1. The summed E-state index contributed by atoms with van der Waals surface area (Å²) in [6, 6.07) is 11.9. The summed E-state index contributed by atoms with van der Waals surface area (Å²) in [7, 11) is 3.08. The van der Waals surface area contributed by atoms with Gasteiger partial charge in [0.05, 0.1) is 30.8 Å². The lowest BCUT2D eigenvalue weighted by Gasteiger charge is -2.21. The SMILES string of the molecule is COc1ccc(F)c(C(=O)NC2(c3cc(OC)cc4nc(C)ccc34)CC2)c1. The summed E-state index contributed by atoms with van der Waals surface area (Å²) in [5, 5.41) is 3.99. The van der Waals surface area contributed by atoms with Crippen LogP contribution in [0.15, 0.2) is 42.5 Å². The Kier molecular flexibility index (Phi) is 4.41. The van der Waals surface area contributed by atoms with Gasteiger partial charge < -0.3 is 14.8 Å². The molecule has 1 aliphatic rings. The fourth-order valence-corrected chi connectivity index (χ4v) is 3.50. The van der Waals surface area contributed by atoms with Crippen molar-refractivity contribution in [1.82, 2.24) is 10.3 Å². The van der Waals surface area contributed by atoms with Crippen LogP contribution in [0, 0.1) is 12.7 Å². The van der Waals surface area contributed by atoms with Crippen LogP contribution in [-0.2, 0) is 5.54 Å². The Morgan fingerprint density at radius 3 is 2.50 bits per heavy atom. The van der Waals surface area contributed by atoms with Crippen LogP contribution >= 0.6 is 0 Å². The number of ether oxygens (including phenoxy) is 2. The summed E-state index contributed by atoms with van der Waals surface area (Å²) in [5.41, 5.74) is 2.05. The topological polar surface area (TPSA) is 60.5 Å². The monoisotopic (exact) mass is 380 g/mol. The van der Waals surface area contributed by atoms with Crippen LogP contribution in [0.5, 0.6) is 11.5 Å². The molecule has 1 fully saturated rings. The van der Waals surface area contributed by atoms with Gasteiger partial charge in [-0.1, -0.05) is 6.07 Å². The third-order valence-corrected chi connectivity index (χ3v) is 5.19. The third kappa shape index (κ3) is 3.15. The van der Waals surface area contributed by atoms with Gasteiger partial charge in [0.1, 0.15) is 17.3 Å². The van der Waals surface area contributed by atoms with Crippen molar-refractivity contribution in [2.45, 2.75) is 25.3 Å². The van der Waals surface area contributed by atoms with Crippen LogP contribution in [0.3, 0.4) is 0 Å². The Labute approximate surface area is 162 Å². The predicted octanol–water partition coefficient (Wildman–Crippen LogP) is 4.12. The molecule has 5 nitrogen and oxygen atoms in total. The number of pyridine rings is 1. The second-order valence-corrected chi connectivity index (χ2v) is 7.08. The van der Waals surface area contributed by atoms with Crippen LogP contribution in [0.2, 0.25) is 0 Å². The van der Waals surface area contributed by atoms with E-state index < -0.39 is 17.3 Å². The van der Waals surface area contributed by atoms with E-state index in [1.165, 1.54) is 25.3 Å². The number of hydrogen-bond donors (Lipinski definition) is 1. The summed E-state index contributed by atoms with van der Waals surface area (Å²) < 4.78 is 24.8. The highest BCUT2D eigenvalue weighted by Gasteiger charge is 2.47. The maximum atomic E-state index is 14.2. The van der Waals surface area contributed by atoms with E-state index in [1.54, 1.807) is 7.11 Å². The molecule has 2 aromatic carbocycles. The third-order valence-electron chi connectivity index (χ3n) is 5.19. The van der Waals surface area contributed by atoms with Gasteiger partial charge in [0.2, 0.25) is 0 Å². The molecule has 0 radical (unpaired) electrons. The minimum Gasteiger partial charge on any atom is -0.497 e. The van der Waals surface area contributed by atoms with Gasteiger partial charge >= 0.3 is 0 Å². The van der Waals surface area contributed by atoms with E-state index in [2.05, 4.69) is 10.3 Å². The van der Waals surface area contributed by atoms with Gasteiger partial charge in [0.25, 0.3) is 5.91 Å². The van der Waals surface area contributed by atoms with Crippen LogP contribution in [0.25, 0.3) is 10.9 Å². The zero-order valence-electron chi connectivity index (χ0n) is 16.0. The van der Waals surface area contributed by atoms with E-state index in [0.29, 0.717) is 11.5 Å². The van der Waals surface area contributed by atoms with E-state index in [-0.39, 0.29) is 5.56 Å². The van der Waals surface area contributed by atoms with Gasteiger partial charge in [-0.2, -0.15) is 0 Å². The van der Waals surface area contributed by atoms with Crippen molar-refractivity contribution in [1.29, 1.82) is 0 Å². The van der Waals surface area contributed by atoms with Crippen LogP contribution < -0.4 is 14.8 Å². The Hall–Kier alpha value is -3.15. The molecule has 0 unspecified atom stereocenters. The smallest absolute Gasteiger partial charge is 0.255 e. The molecular weight excluding hydrogens is 359 g/mol. The molecule has 0 spiro atoms. The Bertz CT molecular complexity index is 1080. The number of fused-ring (bicyclic) bond motifs is 1. The first-order chi connectivity index (χ1) is 13.5. The molecule has 0 atom stereocenters. The van der Waals surface area contributed by atoms with Gasteiger partial charge in [-0.05, 0) is 55.7 Å². The van der Waals surface area contributed by atoms with E-state index in [4.69, 9.17) is 9.47 Å². The zero-order chi connectivity index (χ0) is 19.9. The molecule has 3 aromatic rings. The molecule has 6 heteroatoms. The van der Waals surface area contributed by atoms with Crippen molar-refractivity contribution in [3.63, 3.8) is 0 Å². The fourth-order valence-electron chi connectivity index (χ4n) is 3.50. The quantitative estimate of drug-likeness (QED) is 0.723. The fraction of sp³-hybridized carbons (Fsp3) is 0.273. The lowest BCUT2D eigenvalue weighted by molar-refractivity contribution is 0.0926. The molecular formula is C22H21FN2O3. The van der Waals surface area contributed by atoms with Gasteiger partial charge in [-0.15, -0.1) is 0 Å². The van der Waals surface area contributed by atoms with Crippen molar-refractivity contribution < 1.29 is 18.7 Å². The second-order valence-electron chi connectivity index (χ2n) is 7.08. The largest absolute Gasteiger partial charge is 0.497 e. The number of methoxy groups -OCH3 is 2. The average molecular weight is 380 g/mol. The lowest BCUT2D eigenvalue weighted by atomic mass is 9.97. The van der Waals surface area contributed by atoms with Gasteiger partial charge in [0, 0.05) is 17.1 Å². The number of aromatic nitrogens is 1.